The van der Waals surface area contributed by atoms with Gasteiger partial charge in [-0.25, -0.2) is 0 Å². The highest BCUT2D eigenvalue weighted by molar-refractivity contribution is 5.95. The molecule has 20 heavy (non-hydrogen) atoms. The number of aliphatic hydroxyl groups excluding tert-OH is 1. The van der Waals surface area contributed by atoms with Gasteiger partial charge < -0.3 is 15.2 Å². The minimum absolute atomic E-state index is 0.120. The molecule has 0 radical (unpaired) electrons. The van der Waals surface area contributed by atoms with Crippen molar-refractivity contribution >= 4 is 5.78 Å². The number of rotatable bonds is 9. The number of hydrogen-bond donors (Lipinski definition) is 2. The summed E-state index contributed by atoms with van der Waals surface area (Å²) < 4.78 is 5.50. The summed E-state index contributed by atoms with van der Waals surface area (Å²) in [7, 11) is 0. The van der Waals surface area contributed by atoms with Gasteiger partial charge in [0.05, 0.1) is 0 Å². The normalized spacial score (nSPS) is 13.8. The number of ketones is 1. The van der Waals surface area contributed by atoms with Crippen LogP contribution in [0.5, 0.6) is 5.75 Å². The first-order valence-corrected chi connectivity index (χ1v) is 7.24. The molecule has 0 aliphatic heterocycles. The lowest BCUT2D eigenvalue weighted by atomic mass is 10.1. The summed E-state index contributed by atoms with van der Waals surface area (Å²) in [5.74, 6) is 0.787. The fourth-order valence-electron chi connectivity index (χ4n) is 1.67. The van der Waals surface area contributed by atoms with Crippen molar-refractivity contribution in [2.24, 2.45) is 0 Å². The minimum Gasteiger partial charge on any atom is -0.491 e. The summed E-state index contributed by atoms with van der Waals surface area (Å²) in [6, 6.07) is 7.43. The van der Waals surface area contributed by atoms with Crippen LogP contribution in [-0.2, 0) is 0 Å². The van der Waals surface area contributed by atoms with Crippen molar-refractivity contribution in [2.45, 2.75) is 45.8 Å². The molecule has 4 heteroatoms. The van der Waals surface area contributed by atoms with Crippen molar-refractivity contribution in [3.05, 3.63) is 29.8 Å². The minimum atomic E-state index is -0.541. The van der Waals surface area contributed by atoms with Gasteiger partial charge in [0.15, 0.2) is 5.78 Å². The van der Waals surface area contributed by atoms with E-state index in [0.29, 0.717) is 30.3 Å². The van der Waals surface area contributed by atoms with Crippen molar-refractivity contribution in [3.63, 3.8) is 0 Å². The van der Waals surface area contributed by atoms with Crippen LogP contribution >= 0.6 is 0 Å². The number of carbonyl (C=O) groups excluding carboxylic acids is 1. The number of nitrogens with one attached hydrogen (secondary N) is 1. The van der Waals surface area contributed by atoms with Crippen LogP contribution in [0.1, 0.15) is 44.0 Å². The number of Topliss-reactive ketones (excluding diaryl/α,β-unsaturated/α-hetero) is 1. The van der Waals surface area contributed by atoms with Crippen LogP contribution in [0.3, 0.4) is 0 Å². The van der Waals surface area contributed by atoms with E-state index in [9.17, 15) is 9.90 Å². The van der Waals surface area contributed by atoms with Crippen LogP contribution in [-0.4, -0.2) is 36.2 Å². The lowest BCUT2D eigenvalue weighted by Gasteiger charge is -2.16. The summed E-state index contributed by atoms with van der Waals surface area (Å²) in [5, 5.41) is 13.0. The Bertz CT molecular complexity index is 403. The molecule has 1 aromatic rings. The summed E-state index contributed by atoms with van der Waals surface area (Å²) in [6.45, 7) is 6.77. The summed E-state index contributed by atoms with van der Waals surface area (Å²) in [4.78, 5) is 11.5. The van der Waals surface area contributed by atoms with E-state index >= 15 is 0 Å². The number of carbonyl (C=O) groups is 1. The van der Waals surface area contributed by atoms with Gasteiger partial charge in [-0.1, -0.05) is 13.8 Å². The molecule has 0 unspecified atom stereocenters. The van der Waals surface area contributed by atoms with E-state index in [0.717, 1.165) is 6.42 Å². The maximum Gasteiger partial charge on any atom is 0.162 e. The second-order valence-electron chi connectivity index (χ2n) is 4.98. The molecule has 0 aromatic heterocycles. The van der Waals surface area contributed by atoms with E-state index in [1.165, 1.54) is 0 Å². The van der Waals surface area contributed by atoms with Crippen molar-refractivity contribution < 1.29 is 14.6 Å². The van der Waals surface area contributed by atoms with E-state index in [1.807, 2.05) is 6.92 Å². The van der Waals surface area contributed by atoms with Gasteiger partial charge in [0.1, 0.15) is 18.5 Å². The number of aliphatic hydroxyl groups is 1. The molecule has 112 valence electrons. The van der Waals surface area contributed by atoms with E-state index in [2.05, 4.69) is 19.2 Å². The lowest BCUT2D eigenvalue weighted by Crippen LogP contribution is -2.36. The first-order chi connectivity index (χ1) is 9.56. The maximum atomic E-state index is 11.5. The molecule has 2 N–H and O–H groups in total. The Morgan fingerprint density at radius 1 is 1.30 bits per heavy atom. The predicted molar refractivity (Wildman–Crippen MR) is 80.3 cm³/mol. The van der Waals surface area contributed by atoms with Gasteiger partial charge in [-0.3, -0.25) is 4.79 Å². The summed E-state index contributed by atoms with van der Waals surface area (Å²) in [5.41, 5.74) is 0.693. The van der Waals surface area contributed by atoms with Crippen molar-refractivity contribution in [2.75, 3.05) is 13.2 Å². The molecule has 0 heterocycles. The zero-order valence-corrected chi connectivity index (χ0v) is 12.6. The van der Waals surface area contributed by atoms with Crippen LogP contribution < -0.4 is 10.1 Å². The van der Waals surface area contributed by atoms with Gasteiger partial charge >= 0.3 is 0 Å². The number of benzene rings is 1. The average Bonchev–Trinajstić information content (AvgIpc) is 2.50. The second kappa shape index (κ2) is 8.72. The molecule has 0 fully saturated rings. The Labute approximate surface area is 121 Å². The fourth-order valence-corrected chi connectivity index (χ4v) is 1.67. The maximum absolute atomic E-state index is 11.5. The quantitative estimate of drug-likeness (QED) is 0.682. The fraction of sp³-hybridized carbons (Fsp3) is 0.562. The third kappa shape index (κ3) is 5.72. The van der Waals surface area contributed by atoms with Gasteiger partial charge in [-0.15, -0.1) is 0 Å². The Morgan fingerprint density at radius 3 is 2.50 bits per heavy atom. The standard InChI is InChI=1S/C16H25NO3/c1-4-12(3)17-10-14(18)11-20-15-8-6-13(7-9-15)16(19)5-2/h6-9,12,14,17-18H,4-5,10-11H2,1-3H3/t12-,14-/m0/s1. The van der Waals surface area contributed by atoms with Crippen LogP contribution in [0.4, 0.5) is 0 Å². The molecular formula is C16H25NO3. The van der Waals surface area contributed by atoms with Crippen LogP contribution in [0.2, 0.25) is 0 Å². The number of ether oxygens (including phenoxy) is 1. The smallest absolute Gasteiger partial charge is 0.162 e. The predicted octanol–water partition coefficient (Wildman–Crippen LogP) is 2.41. The van der Waals surface area contributed by atoms with Gasteiger partial charge in [-0.2, -0.15) is 0 Å². The molecule has 0 spiro atoms. The molecular weight excluding hydrogens is 254 g/mol. The van der Waals surface area contributed by atoms with Crippen LogP contribution in [0, 0.1) is 0 Å². The molecule has 0 aliphatic rings. The van der Waals surface area contributed by atoms with E-state index in [1.54, 1.807) is 24.3 Å². The van der Waals surface area contributed by atoms with Gasteiger partial charge in [-0.05, 0) is 37.6 Å². The number of hydrogen-bond acceptors (Lipinski definition) is 4. The highest BCUT2D eigenvalue weighted by Gasteiger charge is 2.08. The largest absolute Gasteiger partial charge is 0.491 e. The van der Waals surface area contributed by atoms with Gasteiger partial charge in [0, 0.05) is 24.6 Å². The molecule has 0 aliphatic carbocycles. The molecule has 0 amide bonds. The first kappa shape index (κ1) is 16.7. The SMILES string of the molecule is CCC(=O)c1ccc(OC[C@@H](O)CN[C@@H](C)CC)cc1. The Morgan fingerprint density at radius 2 is 1.95 bits per heavy atom. The Hall–Kier alpha value is -1.39. The van der Waals surface area contributed by atoms with E-state index in [4.69, 9.17) is 4.74 Å². The zero-order chi connectivity index (χ0) is 15.0. The van der Waals surface area contributed by atoms with E-state index < -0.39 is 6.10 Å². The lowest BCUT2D eigenvalue weighted by molar-refractivity contribution is 0.0986. The van der Waals surface area contributed by atoms with Crippen molar-refractivity contribution in [1.29, 1.82) is 0 Å². The molecule has 0 saturated heterocycles. The topological polar surface area (TPSA) is 58.6 Å². The Kier molecular flexibility index (Phi) is 7.26. The van der Waals surface area contributed by atoms with Crippen LogP contribution in [0.15, 0.2) is 24.3 Å². The molecule has 4 nitrogen and oxygen atoms in total. The zero-order valence-electron chi connectivity index (χ0n) is 12.6. The van der Waals surface area contributed by atoms with Gasteiger partial charge in [0.25, 0.3) is 0 Å². The third-order valence-corrected chi connectivity index (χ3v) is 3.25. The third-order valence-electron chi connectivity index (χ3n) is 3.25. The van der Waals surface area contributed by atoms with Crippen LogP contribution in [0.25, 0.3) is 0 Å². The molecule has 0 saturated carbocycles. The monoisotopic (exact) mass is 279 g/mol. The first-order valence-electron chi connectivity index (χ1n) is 7.24. The molecule has 1 aromatic carbocycles. The Balaban J connectivity index is 2.36. The molecule has 0 bridgehead atoms. The highest BCUT2D eigenvalue weighted by atomic mass is 16.5. The van der Waals surface area contributed by atoms with Gasteiger partial charge in [0.2, 0.25) is 0 Å². The summed E-state index contributed by atoms with van der Waals surface area (Å²) >= 11 is 0. The molecule has 1 rings (SSSR count). The molecule has 2 atom stereocenters. The highest BCUT2D eigenvalue weighted by Crippen LogP contribution is 2.13. The van der Waals surface area contributed by atoms with Crippen molar-refractivity contribution in [3.8, 4) is 5.75 Å². The van der Waals surface area contributed by atoms with Crippen molar-refractivity contribution in [1.82, 2.24) is 5.32 Å². The second-order valence-corrected chi connectivity index (χ2v) is 4.98. The van der Waals surface area contributed by atoms with E-state index in [-0.39, 0.29) is 12.4 Å². The average molecular weight is 279 g/mol. The summed E-state index contributed by atoms with van der Waals surface area (Å²) in [6.07, 6.45) is 0.988.